The summed E-state index contributed by atoms with van der Waals surface area (Å²) in [5.74, 6) is 1.76. The molecule has 12 aromatic rings. The molecule has 0 fully saturated rings. The van der Waals surface area contributed by atoms with Crippen molar-refractivity contribution >= 4 is 43.6 Å². The molecule has 0 amide bonds. The molecule has 0 saturated carbocycles. The lowest BCUT2D eigenvalue weighted by molar-refractivity contribution is 0.953. The average Bonchev–Trinajstić information content (AvgIpc) is 3.88. The van der Waals surface area contributed by atoms with Crippen LogP contribution in [0.5, 0.6) is 0 Å². The number of para-hydroxylation sites is 3. The van der Waals surface area contributed by atoms with Crippen molar-refractivity contribution in [2.75, 3.05) is 0 Å². The van der Waals surface area contributed by atoms with Crippen molar-refractivity contribution in [3.8, 4) is 67.8 Å². The second-order valence-corrected chi connectivity index (χ2v) is 15.6. The maximum absolute atomic E-state index is 5.43. The Balaban J connectivity index is 1.14. The van der Waals surface area contributed by atoms with Crippen molar-refractivity contribution in [2.45, 2.75) is 0 Å². The second-order valence-electron chi connectivity index (χ2n) is 15.6. The molecule has 0 radical (unpaired) electrons. The summed E-state index contributed by atoms with van der Waals surface area (Å²) < 4.78 is 4.70. The fourth-order valence-electron chi connectivity index (χ4n) is 9.15. The quantitative estimate of drug-likeness (QED) is 0.162. The second kappa shape index (κ2) is 14.7. The molecule has 5 heteroatoms. The van der Waals surface area contributed by atoms with Crippen LogP contribution in [0.15, 0.2) is 224 Å². The summed E-state index contributed by atoms with van der Waals surface area (Å²) in [7, 11) is 0. The van der Waals surface area contributed by atoms with Crippen LogP contribution in [0.3, 0.4) is 0 Å². The lowest BCUT2D eigenvalue weighted by Gasteiger charge is -2.16. The van der Waals surface area contributed by atoms with E-state index >= 15 is 0 Å². The first kappa shape index (κ1) is 35.5. The number of aromatic nitrogens is 5. The Kier molecular flexibility index (Phi) is 8.42. The van der Waals surface area contributed by atoms with E-state index in [2.05, 4.69) is 215 Å². The lowest BCUT2D eigenvalue weighted by Crippen LogP contribution is -2.07. The summed E-state index contributed by atoms with van der Waals surface area (Å²) in [4.78, 5) is 16.0. The largest absolute Gasteiger partial charge is 0.307 e. The third-order valence-corrected chi connectivity index (χ3v) is 12.0. The van der Waals surface area contributed by atoms with Gasteiger partial charge in [0.2, 0.25) is 5.95 Å². The van der Waals surface area contributed by atoms with E-state index in [1.54, 1.807) is 0 Å². The number of benzene rings is 9. The highest BCUT2D eigenvalue weighted by Gasteiger charge is 2.24. The Labute approximate surface area is 358 Å². The fourth-order valence-corrected chi connectivity index (χ4v) is 9.15. The van der Waals surface area contributed by atoms with E-state index in [0.29, 0.717) is 17.6 Å². The van der Waals surface area contributed by atoms with E-state index in [4.69, 9.17) is 15.0 Å². The van der Waals surface area contributed by atoms with E-state index in [1.807, 2.05) is 18.2 Å². The molecule has 0 atom stereocenters. The summed E-state index contributed by atoms with van der Waals surface area (Å²) >= 11 is 0. The zero-order valence-corrected chi connectivity index (χ0v) is 33.6. The number of rotatable bonds is 7. The van der Waals surface area contributed by atoms with E-state index < -0.39 is 0 Å². The Hall–Kier alpha value is -8.41. The van der Waals surface area contributed by atoms with Gasteiger partial charge in [-0.1, -0.05) is 194 Å². The highest BCUT2D eigenvalue weighted by atomic mass is 15.2. The van der Waals surface area contributed by atoms with Crippen LogP contribution in [-0.2, 0) is 0 Å². The van der Waals surface area contributed by atoms with Crippen molar-refractivity contribution < 1.29 is 0 Å². The van der Waals surface area contributed by atoms with Crippen molar-refractivity contribution in [1.29, 1.82) is 0 Å². The van der Waals surface area contributed by atoms with Gasteiger partial charge in [0.15, 0.2) is 11.6 Å². The summed E-state index contributed by atoms with van der Waals surface area (Å²) in [6.45, 7) is 0. The van der Waals surface area contributed by atoms with Gasteiger partial charge in [-0.2, -0.15) is 9.97 Å². The highest BCUT2D eigenvalue weighted by Crippen LogP contribution is 2.43. The Morgan fingerprint density at radius 2 is 0.710 bits per heavy atom. The molecule has 12 rings (SSSR count). The molecule has 3 aromatic heterocycles. The molecule has 5 nitrogen and oxygen atoms in total. The first-order chi connectivity index (χ1) is 30.8. The van der Waals surface area contributed by atoms with Gasteiger partial charge in [0.25, 0.3) is 0 Å². The Morgan fingerprint density at radius 3 is 1.35 bits per heavy atom. The van der Waals surface area contributed by atoms with E-state index in [1.165, 1.54) is 16.5 Å². The van der Waals surface area contributed by atoms with E-state index in [9.17, 15) is 0 Å². The van der Waals surface area contributed by atoms with E-state index in [0.717, 1.165) is 77.3 Å². The van der Waals surface area contributed by atoms with Gasteiger partial charge in [0, 0.05) is 38.2 Å². The van der Waals surface area contributed by atoms with Gasteiger partial charge in [-0.25, -0.2) is 4.98 Å². The molecule has 0 aliphatic rings. The van der Waals surface area contributed by atoms with Gasteiger partial charge < -0.3 is 4.57 Å². The zero-order chi connectivity index (χ0) is 41.0. The summed E-state index contributed by atoms with van der Waals surface area (Å²) in [6, 6.07) is 79.2. The molecule has 0 aliphatic carbocycles. The standard InChI is InChI=1S/C57H37N5/c1-4-18-38(19-5-1)41-24-16-25-42(36-41)43-26-17-27-44(37-43)56-58-55(40-22-8-3-9-23-40)59-57(60-56)62-52-33-15-12-30-47(52)49-35-34-48-46-29-11-14-32-51(46)61(53(48)54(49)62)50-31-13-10-28-45(50)39-20-6-2-7-21-39/h1-37H. The maximum Gasteiger partial charge on any atom is 0.238 e. The number of nitrogens with zero attached hydrogens (tertiary/aromatic N) is 5. The van der Waals surface area contributed by atoms with Gasteiger partial charge in [0.1, 0.15) is 0 Å². The average molecular weight is 792 g/mol. The predicted molar refractivity (Wildman–Crippen MR) is 256 cm³/mol. The van der Waals surface area contributed by atoms with Crippen molar-refractivity contribution in [1.82, 2.24) is 24.1 Å². The number of hydrogen-bond donors (Lipinski definition) is 0. The first-order valence-electron chi connectivity index (χ1n) is 21.0. The zero-order valence-electron chi connectivity index (χ0n) is 33.6. The molecule has 0 spiro atoms. The van der Waals surface area contributed by atoms with Gasteiger partial charge in [-0.05, 0) is 58.1 Å². The van der Waals surface area contributed by atoms with Crippen molar-refractivity contribution in [3.05, 3.63) is 224 Å². The van der Waals surface area contributed by atoms with Crippen LogP contribution in [0.4, 0.5) is 0 Å². The number of fused-ring (bicyclic) bond motifs is 7. The van der Waals surface area contributed by atoms with Crippen LogP contribution in [-0.4, -0.2) is 24.1 Å². The SMILES string of the molecule is c1ccc(-c2cccc(-c3cccc(-c4nc(-c5ccccc5)nc(-n5c6ccccc6c6ccc7c8ccccc8n(-c8ccccc8-c8ccccc8)c7c65)n4)c3)c2)cc1. The minimum absolute atomic E-state index is 0.553. The van der Waals surface area contributed by atoms with Crippen LogP contribution in [0.2, 0.25) is 0 Å². The molecule has 0 bridgehead atoms. The Bertz CT molecular complexity index is 3620. The third-order valence-electron chi connectivity index (χ3n) is 12.0. The van der Waals surface area contributed by atoms with Gasteiger partial charge >= 0.3 is 0 Å². The predicted octanol–water partition coefficient (Wildman–Crippen LogP) is 14.4. The fraction of sp³-hybridized carbons (Fsp3) is 0. The van der Waals surface area contributed by atoms with Gasteiger partial charge in [0.05, 0.1) is 27.8 Å². The van der Waals surface area contributed by atoms with Crippen LogP contribution in [0.25, 0.3) is 111 Å². The summed E-state index contributed by atoms with van der Waals surface area (Å²) in [5, 5.41) is 4.58. The van der Waals surface area contributed by atoms with Gasteiger partial charge in [-0.15, -0.1) is 0 Å². The van der Waals surface area contributed by atoms with Crippen molar-refractivity contribution in [2.24, 2.45) is 0 Å². The molecule has 0 saturated heterocycles. The lowest BCUT2D eigenvalue weighted by atomic mass is 9.98. The molecular weight excluding hydrogens is 755 g/mol. The van der Waals surface area contributed by atoms with Crippen LogP contribution in [0, 0.1) is 0 Å². The maximum atomic E-state index is 5.43. The molecule has 0 aliphatic heterocycles. The molecule has 290 valence electrons. The first-order valence-corrected chi connectivity index (χ1v) is 21.0. The minimum atomic E-state index is 0.553. The molecule has 0 N–H and O–H groups in total. The molecular formula is C57H37N5. The Morgan fingerprint density at radius 1 is 0.274 bits per heavy atom. The molecule has 62 heavy (non-hydrogen) atoms. The highest BCUT2D eigenvalue weighted by molar-refractivity contribution is 6.24. The number of hydrogen-bond acceptors (Lipinski definition) is 3. The third kappa shape index (κ3) is 5.90. The normalized spacial score (nSPS) is 11.5. The molecule has 0 unspecified atom stereocenters. The topological polar surface area (TPSA) is 48.5 Å². The monoisotopic (exact) mass is 791 g/mol. The minimum Gasteiger partial charge on any atom is -0.307 e. The molecule has 9 aromatic carbocycles. The van der Waals surface area contributed by atoms with Crippen LogP contribution in [0.1, 0.15) is 0 Å². The van der Waals surface area contributed by atoms with E-state index in [-0.39, 0.29) is 0 Å². The summed E-state index contributed by atoms with van der Waals surface area (Å²) in [5.41, 5.74) is 14.1. The molecule has 3 heterocycles. The van der Waals surface area contributed by atoms with Crippen LogP contribution < -0.4 is 0 Å². The van der Waals surface area contributed by atoms with Gasteiger partial charge in [-0.3, -0.25) is 4.57 Å². The van der Waals surface area contributed by atoms with Crippen molar-refractivity contribution in [3.63, 3.8) is 0 Å². The smallest absolute Gasteiger partial charge is 0.238 e. The summed E-state index contributed by atoms with van der Waals surface area (Å²) in [6.07, 6.45) is 0. The van der Waals surface area contributed by atoms with Crippen LogP contribution >= 0.6 is 0 Å².